The minimum absolute atomic E-state index is 0.0405. The molecule has 0 aliphatic heterocycles. The molecule has 0 amide bonds. The van der Waals surface area contributed by atoms with Crippen LogP contribution in [0.2, 0.25) is 0 Å². The van der Waals surface area contributed by atoms with Crippen LogP contribution in [-0.4, -0.2) is 11.6 Å². The molecule has 1 atom stereocenters. The van der Waals surface area contributed by atoms with Gasteiger partial charge in [-0.25, -0.2) is 4.98 Å². The molecular weight excluding hydrogens is 188 g/mol. The smallest absolute Gasteiger partial charge is 0.213 e. The van der Waals surface area contributed by atoms with Gasteiger partial charge in [-0.3, -0.25) is 0 Å². The van der Waals surface area contributed by atoms with Crippen LogP contribution in [-0.2, 0) is 0 Å². The molecule has 1 aromatic rings. The zero-order valence-corrected chi connectivity index (χ0v) is 9.15. The molecule has 0 spiro atoms. The lowest BCUT2D eigenvalue weighted by Crippen LogP contribution is -2.06. The van der Waals surface area contributed by atoms with Gasteiger partial charge in [-0.1, -0.05) is 12.8 Å². The van der Waals surface area contributed by atoms with Crippen molar-refractivity contribution in [3.63, 3.8) is 0 Å². The van der Waals surface area contributed by atoms with Crippen molar-refractivity contribution in [3.8, 4) is 5.88 Å². The van der Waals surface area contributed by atoms with Gasteiger partial charge in [0.25, 0.3) is 0 Å². The Labute approximate surface area is 90.7 Å². The highest BCUT2D eigenvalue weighted by Gasteiger charge is 2.20. The fourth-order valence-electron chi connectivity index (χ4n) is 1.52. The highest BCUT2D eigenvalue weighted by Crippen LogP contribution is 2.32. The Kier molecular flexibility index (Phi) is 3.21. The number of rotatable bonds is 5. The number of ether oxygens (including phenoxy) is 1. The van der Waals surface area contributed by atoms with E-state index in [1.807, 2.05) is 19.1 Å². The lowest BCUT2D eigenvalue weighted by molar-refractivity contribution is 0.291. The van der Waals surface area contributed by atoms with Crippen molar-refractivity contribution in [2.45, 2.75) is 32.2 Å². The first-order chi connectivity index (χ1) is 7.25. The van der Waals surface area contributed by atoms with E-state index in [-0.39, 0.29) is 6.04 Å². The molecule has 0 unspecified atom stereocenters. The minimum Gasteiger partial charge on any atom is -0.478 e. The molecule has 15 heavy (non-hydrogen) atoms. The Morgan fingerprint density at radius 2 is 2.40 bits per heavy atom. The number of nitrogens with zero attached hydrogens (tertiary/aromatic N) is 1. The Bertz CT molecular complexity index is 321. The molecule has 2 N–H and O–H groups in total. The minimum atomic E-state index is 0.0405. The van der Waals surface area contributed by atoms with E-state index in [0.29, 0.717) is 5.88 Å². The first kappa shape index (κ1) is 10.4. The zero-order valence-electron chi connectivity index (χ0n) is 9.15. The Morgan fingerprint density at radius 1 is 1.60 bits per heavy atom. The Morgan fingerprint density at radius 3 is 3.07 bits per heavy atom. The second-order valence-electron chi connectivity index (χ2n) is 4.30. The average molecular weight is 206 g/mol. The molecule has 1 aromatic heterocycles. The van der Waals surface area contributed by atoms with E-state index in [9.17, 15) is 0 Å². The predicted molar refractivity (Wildman–Crippen MR) is 59.7 cm³/mol. The predicted octanol–water partition coefficient (Wildman–Crippen LogP) is 2.28. The molecule has 0 aromatic carbocycles. The summed E-state index contributed by atoms with van der Waals surface area (Å²) in [5.41, 5.74) is 6.86. The normalized spacial score (nSPS) is 17.5. The number of aromatic nitrogens is 1. The third-order valence-corrected chi connectivity index (χ3v) is 2.76. The summed E-state index contributed by atoms with van der Waals surface area (Å²) >= 11 is 0. The van der Waals surface area contributed by atoms with Crippen molar-refractivity contribution in [2.75, 3.05) is 6.61 Å². The van der Waals surface area contributed by atoms with E-state index in [1.54, 1.807) is 6.20 Å². The molecule has 3 heteroatoms. The molecule has 1 fully saturated rings. The molecule has 0 saturated heterocycles. The summed E-state index contributed by atoms with van der Waals surface area (Å²) in [4.78, 5) is 4.16. The van der Waals surface area contributed by atoms with Crippen LogP contribution in [0.3, 0.4) is 0 Å². The fraction of sp³-hybridized carbons (Fsp3) is 0.583. The van der Waals surface area contributed by atoms with Crippen LogP contribution in [0.5, 0.6) is 5.88 Å². The van der Waals surface area contributed by atoms with Gasteiger partial charge in [-0.15, -0.1) is 0 Å². The van der Waals surface area contributed by atoms with E-state index in [2.05, 4.69) is 4.98 Å². The molecule has 0 radical (unpaired) electrons. The van der Waals surface area contributed by atoms with E-state index in [4.69, 9.17) is 10.5 Å². The molecule has 82 valence electrons. The van der Waals surface area contributed by atoms with Crippen molar-refractivity contribution in [3.05, 3.63) is 23.9 Å². The molecule has 3 nitrogen and oxygen atoms in total. The second kappa shape index (κ2) is 4.62. The van der Waals surface area contributed by atoms with Crippen LogP contribution in [0.4, 0.5) is 0 Å². The molecule has 1 saturated carbocycles. The summed E-state index contributed by atoms with van der Waals surface area (Å²) in [5.74, 6) is 1.60. The molecule has 1 aliphatic carbocycles. The van der Waals surface area contributed by atoms with Crippen LogP contribution < -0.4 is 10.5 Å². The van der Waals surface area contributed by atoms with Gasteiger partial charge < -0.3 is 10.5 Å². The standard InChI is InChI=1S/C12H18N2O/c1-9(13)11-4-6-14-12(8-11)15-7-5-10-2-3-10/h4,6,8-10H,2-3,5,7,13H2,1H3/t9-/m0/s1. The Hall–Kier alpha value is -1.09. The maximum absolute atomic E-state index is 5.79. The number of pyridine rings is 1. The highest BCUT2D eigenvalue weighted by atomic mass is 16.5. The quantitative estimate of drug-likeness (QED) is 0.804. The van der Waals surface area contributed by atoms with E-state index < -0.39 is 0 Å². The number of hydrogen-bond donors (Lipinski definition) is 1. The van der Waals surface area contributed by atoms with Gasteiger partial charge in [0.05, 0.1) is 6.61 Å². The van der Waals surface area contributed by atoms with Gasteiger partial charge >= 0.3 is 0 Å². The highest BCUT2D eigenvalue weighted by molar-refractivity contribution is 5.22. The van der Waals surface area contributed by atoms with Gasteiger partial charge in [0.15, 0.2) is 0 Å². The molecular formula is C12H18N2O. The van der Waals surface area contributed by atoms with Crippen LogP contribution in [0, 0.1) is 5.92 Å². The third kappa shape index (κ3) is 3.20. The van der Waals surface area contributed by atoms with E-state index >= 15 is 0 Å². The first-order valence-corrected chi connectivity index (χ1v) is 5.60. The van der Waals surface area contributed by atoms with Crippen molar-refractivity contribution < 1.29 is 4.74 Å². The van der Waals surface area contributed by atoms with E-state index in [1.165, 1.54) is 12.8 Å². The summed E-state index contributed by atoms with van der Waals surface area (Å²) < 4.78 is 5.58. The van der Waals surface area contributed by atoms with Crippen LogP contribution >= 0.6 is 0 Å². The number of hydrogen-bond acceptors (Lipinski definition) is 3. The average Bonchev–Trinajstić information content (AvgIpc) is 3.02. The van der Waals surface area contributed by atoms with Crippen molar-refractivity contribution in [1.82, 2.24) is 4.98 Å². The topological polar surface area (TPSA) is 48.1 Å². The Balaban J connectivity index is 1.86. The zero-order chi connectivity index (χ0) is 10.7. The van der Waals surface area contributed by atoms with Gasteiger partial charge in [-0.2, -0.15) is 0 Å². The summed E-state index contributed by atoms with van der Waals surface area (Å²) in [6, 6.07) is 3.90. The van der Waals surface area contributed by atoms with Gasteiger partial charge in [0.2, 0.25) is 5.88 Å². The van der Waals surface area contributed by atoms with Crippen LogP contribution in [0.15, 0.2) is 18.3 Å². The fourth-order valence-corrected chi connectivity index (χ4v) is 1.52. The van der Waals surface area contributed by atoms with Crippen molar-refractivity contribution in [2.24, 2.45) is 11.7 Å². The first-order valence-electron chi connectivity index (χ1n) is 5.60. The maximum Gasteiger partial charge on any atom is 0.213 e. The molecule has 1 aliphatic rings. The lowest BCUT2D eigenvalue weighted by atomic mass is 10.1. The van der Waals surface area contributed by atoms with Gasteiger partial charge in [-0.05, 0) is 30.9 Å². The van der Waals surface area contributed by atoms with Crippen molar-refractivity contribution in [1.29, 1.82) is 0 Å². The van der Waals surface area contributed by atoms with Crippen LogP contribution in [0.1, 0.15) is 37.8 Å². The van der Waals surface area contributed by atoms with Gasteiger partial charge in [0, 0.05) is 18.3 Å². The van der Waals surface area contributed by atoms with E-state index in [0.717, 1.165) is 24.5 Å². The summed E-state index contributed by atoms with van der Waals surface area (Å²) in [5, 5.41) is 0. The lowest BCUT2D eigenvalue weighted by Gasteiger charge is -2.08. The third-order valence-electron chi connectivity index (χ3n) is 2.76. The van der Waals surface area contributed by atoms with Crippen LogP contribution in [0.25, 0.3) is 0 Å². The maximum atomic E-state index is 5.79. The largest absolute Gasteiger partial charge is 0.478 e. The monoisotopic (exact) mass is 206 g/mol. The van der Waals surface area contributed by atoms with Crippen molar-refractivity contribution >= 4 is 0 Å². The summed E-state index contributed by atoms with van der Waals surface area (Å²) in [6.07, 6.45) is 5.66. The van der Waals surface area contributed by atoms with Gasteiger partial charge in [0.1, 0.15) is 0 Å². The number of nitrogens with two attached hydrogens (primary N) is 1. The molecule has 0 bridgehead atoms. The second-order valence-corrected chi connectivity index (χ2v) is 4.30. The summed E-state index contributed by atoms with van der Waals surface area (Å²) in [6.45, 7) is 2.74. The molecule has 2 rings (SSSR count). The molecule has 1 heterocycles. The summed E-state index contributed by atoms with van der Waals surface area (Å²) in [7, 11) is 0. The SMILES string of the molecule is C[C@H](N)c1ccnc(OCCC2CC2)c1.